The monoisotopic (exact) mass is 381 g/mol. The molecule has 0 fully saturated rings. The highest BCUT2D eigenvalue weighted by atomic mass is 35.5. The van der Waals surface area contributed by atoms with Gasteiger partial charge in [0.15, 0.2) is 5.75 Å². The Morgan fingerprint density at radius 1 is 1.16 bits per heavy atom. The molecule has 7 heteroatoms. The van der Waals surface area contributed by atoms with Crippen LogP contribution >= 0.6 is 23.2 Å². The molecule has 0 aliphatic rings. The molecule has 0 unspecified atom stereocenters. The minimum absolute atomic E-state index is 0.271. The van der Waals surface area contributed by atoms with Crippen LogP contribution in [0.3, 0.4) is 0 Å². The fraction of sp³-hybridized carbons (Fsp3) is 0.278. The van der Waals surface area contributed by atoms with Gasteiger partial charge in [0, 0.05) is 24.3 Å². The van der Waals surface area contributed by atoms with Crippen LogP contribution in [0.15, 0.2) is 36.4 Å². The molecule has 0 saturated carbocycles. The number of hydrogen-bond donors (Lipinski definition) is 2. The van der Waals surface area contributed by atoms with Gasteiger partial charge in [-0.15, -0.1) is 0 Å². The van der Waals surface area contributed by atoms with E-state index in [0.29, 0.717) is 30.2 Å². The number of rotatable bonds is 7. The summed E-state index contributed by atoms with van der Waals surface area (Å²) in [6, 6.07) is 10.7. The summed E-state index contributed by atoms with van der Waals surface area (Å²) in [4.78, 5) is 14.5. The lowest BCUT2D eigenvalue weighted by molar-refractivity contribution is 0.102. The van der Waals surface area contributed by atoms with Gasteiger partial charge in [-0.2, -0.15) is 0 Å². The van der Waals surface area contributed by atoms with Crippen LogP contribution in [0.5, 0.6) is 5.75 Å². The number of nitrogens with two attached hydrogens (primary N) is 1. The van der Waals surface area contributed by atoms with Crippen LogP contribution in [0.25, 0.3) is 0 Å². The van der Waals surface area contributed by atoms with E-state index in [4.69, 9.17) is 33.7 Å². The molecule has 0 saturated heterocycles. The summed E-state index contributed by atoms with van der Waals surface area (Å²) in [6.07, 6.45) is 0. The maximum Gasteiger partial charge on any atom is 0.255 e. The number of amides is 1. The van der Waals surface area contributed by atoms with Crippen molar-refractivity contribution in [3.8, 4) is 5.75 Å². The van der Waals surface area contributed by atoms with E-state index in [1.807, 2.05) is 38.4 Å². The van der Waals surface area contributed by atoms with Crippen LogP contribution in [0.2, 0.25) is 10.0 Å². The highest BCUT2D eigenvalue weighted by Crippen LogP contribution is 2.34. The van der Waals surface area contributed by atoms with Crippen LogP contribution in [0, 0.1) is 0 Å². The second-order valence-electron chi connectivity index (χ2n) is 5.79. The number of anilines is 1. The summed E-state index contributed by atoms with van der Waals surface area (Å²) < 4.78 is 5.39. The van der Waals surface area contributed by atoms with Crippen LogP contribution < -0.4 is 15.8 Å². The standard InChI is InChI=1S/C18H21Cl2N3O2/c1-23(2)11-12-3-5-14(6-4-12)22-18(24)13-9-15(19)17(16(20)10-13)25-8-7-21/h3-6,9-10H,7-8,11,21H2,1-2H3,(H,22,24). The van der Waals surface area contributed by atoms with Gasteiger partial charge in [0.05, 0.1) is 10.0 Å². The molecule has 0 aliphatic heterocycles. The van der Waals surface area contributed by atoms with E-state index in [1.165, 1.54) is 12.1 Å². The van der Waals surface area contributed by atoms with E-state index in [1.54, 1.807) is 0 Å². The molecule has 5 nitrogen and oxygen atoms in total. The van der Waals surface area contributed by atoms with Crippen molar-refractivity contribution in [2.45, 2.75) is 6.54 Å². The van der Waals surface area contributed by atoms with Gasteiger partial charge in [0.25, 0.3) is 5.91 Å². The van der Waals surface area contributed by atoms with E-state index in [9.17, 15) is 4.79 Å². The second-order valence-corrected chi connectivity index (χ2v) is 6.61. The zero-order valence-corrected chi connectivity index (χ0v) is 15.7. The van der Waals surface area contributed by atoms with Gasteiger partial charge >= 0.3 is 0 Å². The van der Waals surface area contributed by atoms with Gasteiger partial charge in [-0.3, -0.25) is 4.79 Å². The summed E-state index contributed by atoms with van der Waals surface area (Å²) in [5.41, 5.74) is 7.61. The minimum atomic E-state index is -0.297. The SMILES string of the molecule is CN(C)Cc1ccc(NC(=O)c2cc(Cl)c(OCCN)c(Cl)c2)cc1. The lowest BCUT2D eigenvalue weighted by atomic mass is 10.1. The Kier molecular flexibility index (Phi) is 7.08. The first kappa shape index (κ1) is 19.5. The van der Waals surface area contributed by atoms with Crippen molar-refractivity contribution in [2.24, 2.45) is 5.73 Å². The topological polar surface area (TPSA) is 67.6 Å². The lowest BCUT2D eigenvalue weighted by Crippen LogP contribution is -2.14. The number of nitrogens with zero attached hydrogens (tertiary/aromatic N) is 1. The highest BCUT2D eigenvalue weighted by Gasteiger charge is 2.14. The molecule has 1 amide bonds. The third-order valence-corrected chi connectivity index (χ3v) is 3.90. The molecule has 25 heavy (non-hydrogen) atoms. The molecular weight excluding hydrogens is 361 g/mol. The predicted molar refractivity (Wildman–Crippen MR) is 103 cm³/mol. The molecular formula is C18H21Cl2N3O2. The molecule has 0 atom stereocenters. The van der Waals surface area contributed by atoms with Gasteiger partial charge in [-0.05, 0) is 43.9 Å². The maximum absolute atomic E-state index is 12.4. The van der Waals surface area contributed by atoms with Crippen molar-refractivity contribution in [1.29, 1.82) is 0 Å². The van der Waals surface area contributed by atoms with Gasteiger partial charge in [-0.25, -0.2) is 0 Å². The molecule has 0 bridgehead atoms. The average molecular weight is 382 g/mol. The van der Waals surface area contributed by atoms with Crippen LogP contribution in [-0.4, -0.2) is 38.1 Å². The first-order valence-corrected chi connectivity index (χ1v) is 8.53. The Balaban J connectivity index is 2.10. The zero-order valence-electron chi connectivity index (χ0n) is 14.2. The summed E-state index contributed by atoms with van der Waals surface area (Å²) >= 11 is 12.3. The molecule has 2 aromatic rings. The minimum Gasteiger partial charge on any atom is -0.489 e. The number of hydrogen-bond acceptors (Lipinski definition) is 4. The molecule has 3 N–H and O–H groups in total. The number of nitrogens with one attached hydrogen (secondary N) is 1. The second kappa shape index (κ2) is 9.06. The van der Waals surface area contributed by atoms with Crippen molar-refractivity contribution >= 4 is 34.8 Å². The van der Waals surface area contributed by atoms with E-state index >= 15 is 0 Å². The first-order chi connectivity index (χ1) is 11.9. The summed E-state index contributed by atoms with van der Waals surface area (Å²) in [5.74, 6) is 0.0351. The molecule has 0 radical (unpaired) electrons. The van der Waals surface area contributed by atoms with E-state index < -0.39 is 0 Å². The van der Waals surface area contributed by atoms with Crippen LogP contribution in [0.1, 0.15) is 15.9 Å². The Morgan fingerprint density at radius 3 is 2.28 bits per heavy atom. The maximum atomic E-state index is 12.4. The van der Waals surface area contributed by atoms with E-state index in [-0.39, 0.29) is 16.0 Å². The molecule has 0 aromatic heterocycles. The third-order valence-electron chi connectivity index (χ3n) is 3.34. The smallest absolute Gasteiger partial charge is 0.255 e. The number of carbonyl (C=O) groups is 1. The molecule has 0 heterocycles. The number of carbonyl (C=O) groups excluding carboxylic acids is 1. The normalized spacial score (nSPS) is 10.8. The Labute approximate surface area is 157 Å². The van der Waals surface area contributed by atoms with Crippen LogP contribution in [-0.2, 0) is 6.54 Å². The number of benzene rings is 2. The molecule has 2 aromatic carbocycles. The van der Waals surface area contributed by atoms with E-state index in [0.717, 1.165) is 12.1 Å². The quantitative estimate of drug-likeness (QED) is 0.767. The molecule has 134 valence electrons. The van der Waals surface area contributed by atoms with Gasteiger partial charge in [0.1, 0.15) is 6.61 Å². The van der Waals surface area contributed by atoms with Crippen molar-refractivity contribution in [3.63, 3.8) is 0 Å². The highest BCUT2D eigenvalue weighted by molar-refractivity contribution is 6.37. The van der Waals surface area contributed by atoms with Crippen LogP contribution in [0.4, 0.5) is 5.69 Å². The van der Waals surface area contributed by atoms with E-state index in [2.05, 4.69) is 10.2 Å². The van der Waals surface area contributed by atoms with Gasteiger partial charge in [0.2, 0.25) is 0 Å². The summed E-state index contributed by atoms with van der Waals surface area (Å²) in [7, 11) is 4.01. The van der Waals surface area contributed by atoms with Crippen molar-refractivity contribution in [3.05, 3.63) is 57.6 Å². The lowest BCUT2D eigenvalue weighted by Gasteiger charge is -2.12. The number of halogens is 2. The fourth-order valence-corrected chi connectivity index (χ4v) is 2.85. The van der Waals surface area contributed by atoms with Gasteiger partial charge < -0.3 is 20.7 Å². The molecule has 0 aliphatic carbocycles. The van der Waals surface area contributed by atoms with Crippen molar-refractivity contribution in [1.82, 2.24) is 4.90 Å². The molecule has 2 rings (SSSR count). The Hall–Kier alpha value is -1.79. The summed E-state index contributed by atoms with van der Waals surface area (Å²) in [5, 5.41) is 3.37. The summed E-state index contributed by atoms with van der Waals surface area (Å²) in [6.45, 7) is 1.48. The third kappa shape index (κ3) is 5.61. The zero-order chi connectivity index (χ0) is 18.4. The van der Waals surface area contributed by atoms with Crippen molar-refractivity contribution < 1.29 is 9.53 Å². The van der Waals surface area contributed by atoms with Crippen molar-refractivity contribution in [2.75, 3.05) is 32.6 Å². The Bertz CT molecular complexity index is 711. The average Bonchev–Trinajstić information content (AvgIpc) is 2.55. The Morgan fingerprint density at radius 2 is 1.76 bits per heavy atom. The largest absolute Gasteiger partial charge is 0.489 e. The molecule has 0 spiro atoms. The number of ether oxygens (including phenoxy) is 1. The predicted octanol–water partition coefficient (Wildman–Crippen LogP) is 3.64. The fourth-order valence-electron chi connectivity index (χ4n) is 2.25. The first-order valence-electron chi connectivity index (χ1n) is 7.77. The van der Waals surface area contributed by atoms with Gasteiger partial charge in [-0.1, -0.05) is 35.3 Å².